The number of carbonyl (C=O) groups excluding carboxylic acids is 2. The van der Waals surface area contributed by atoms with Gasteiger partial charge in [-0.1, -0.05) is 64.1 Å². The molecule has 204 valence electrons. The highest BCUT2D eigenvalue weighted by molar-refractivity contribution is 8.01. The quantitative estimate of drug-likeness (QED) is 0.314. The van der Waals surface area contributed by atoms with Crippen LogP contribution in [0.2, 0.25) is 0 Å². The maximum atomic E-state index is 11.9. The molecule has 12 heteroatoms. The van der Waals surface area contributed by atoms with Crippen molar-refractivity contribution in [3.63, 3.8) is 0 Å². The highest BCUT2D eigenvalue weighted by atomic mass is 32.2. The van der Waals surface area contributed by atoms with E-state index in [9.17, 15) is 29.8 Å². The molecule has 2 heterocycles. The molecule has 4 rings (SSSR count). The first-order valence-corrected chi connectivity index (χ1v) is 14.4. The molecule has 0 spiro atoms. The summed E-state index contributed by atoms with van der Waals surface area (Å²) in [6.07, 6.45) is 0. The summed E-state index contributed by atoms with van der Waals surface area (Å²) >= 11 is 3.21. The van der Waals surface area contributed by atoms with Gasteiger partial charge in [0.15, 0.2) is 0 Å². The van der Waals surface area contributed by atoms with E-state index in [-0.39, 0.29) is 33.9 Å². The van der Waals surface area contributed by atoms with Crippen molar-refractivity contribution in [2.45, 2.75) is 51.5 Å². The molecule has 2 saturated heterocycles. The van der Waals surface area contributed by atoms with Crippen molar-refractivity contribution in [2.24, 2.45) is 11.8 Å². The highest BCUT2D eigenvalue weighted by Gasteiger charge is 2.35. The van der Waals surface area contributed by atoms with Gasteiger partial charge in [-0.3, -0.25) is 29.8 Å². The van der Waals surface area contributed by atoms with Crippen LogP contribution in [0.1, 0.15) is 38.8 Å². The number of hydrogen-bond acceptors (Lipinski definition) is 8. The van der Waals surface area contributed by atoms with E-state index in [0.717, 1.165) is 0 Å². The molecule has 0 saturated carbocycles. The van der Waals surface area contributed by atoms with E-state index in [2.05, 4.69) is 27.7 Å². The van der Waals surface area contributed by atoms with Crippen LogP contribution in [-0.2, 0) is 22.7 Å². The van der Waals surface area contributed by atoms with Gasteiger partial charge in [-0.05, 0) is 11.8 Å². The van der Waals surface area contributed by atoms with Crippen LogP contribution >= 0.6 is 23.5 Å². The summed E-state index contributed by atoms with van der Waals surface area (Å²) < 4.78 is 0. The van der Waals surface area contributed by atoms with E-state index in [1.807, 2.05) is 0 Å². The summed E-state index contributed by atoms with van der Waals surface area (Å²) in [5, 5.41) is 22.2. The van der Waals surface area contributed by atoms with Crippen molar-refractivity contribution < 1.29 is 19.4 Å². The molecule has 0 N–H and O–H groups in total. The van der Waals surface area contributed by atoms with Gasteiger partial charge in [0, 0.05) is 23.3 Å². The van der Waals surface area contributed by atoms with Crippen molar-refractivity contribution in [1.82, 2.24) is 9.80 Å². The Balaban J connectivity index is 0.000000211. The third-order valence-corrected chi connectivity index (χ3v) is 9.32. The number of nitro groups is 2. The van der Waals surface area contributed by atoms with Gasteiger partial charge in [-0.2, -0.15) is 0 Å². The molecule has 0 radical (unpaired) electrons. The van der Waals surface area contributed by atoms with Gasteiger partial charge in [-0.25, -0.2) is 0 Å². The molecule has 2 atom stereocenters. The van der Waals surface area contributed by atoms with Crippen LogP contribution in [0, 0.1) is 32.1 Å². The van der Waals surface area contributed by atoms with Crippen LogP contribution < -0.4 is 0 Å². The molecule has 10 nitrogen and oxygen atoms in total. The average molecular weight is 561 g/mol. The van der Waals surface area contributed by atoms with E-state index in [0.29, 0.717) is 47.6 Å². The van der Waals surface area contributed by atoms with E-state index in [4.69, 9.17) is 0 Å². The van der Waals surface area contributed by atoms with Gasteiger partial charge in [0.2, 0.25) is 11.8 Å². The topological polar surface area (TPSA) is 127 Å². The molecule has 38 heavy (non-hydrogen) atoms. The van der Waals surface area contributed by atoms with Crippen LogP contribution in [0.15, 0.2) is 48.5 Å². The monoisotopic (exact) mass is 560 g/mol. The van der Waals surface area contributed by atoms with E-state index in [1.54, 1.807) is 69.7 Å². The molecule has 2 fully saturated rings. The molecule has 2 aromatic rings. The number of rotatable bonds is 8. The standard InChI is InChI=1S/2C13H16N2O3S/c2*1-9(2)13-14(12(16)8-19-13)7-10-5-3-4-6-11(10)15(17)18/h2*3-6,9,13H,7-8H2,1-2H3/t2*13-/m10/s1. The van der Waals surface area contributed by atoms with Crippen molar-refractivity contribution in [3.8, 4) is 0 Å². The summed E-state index contributed by atoms with van der Waals surface area (Å²) in [7, 11) is 0. The van der Waals surface area contributed by atoms with Crippen molar-refractivity contribution in [2.75, 3.05) is 11.5 Å². The third kappa shape index (κ3) is 7.04. The van der Waals surface area contributed by atoms with Crippen LogP contribution in [0.3, 0.4) is 0 Å². The summed E-state index contributed by atoms with van der Waals surface area (Å²) in [6, 6.07) is 13.2. The molecule has 2 aliphatic rings. The smallest absolute Gasteiger partial charge is 0.274 e. The summed E-state index contributed by atoms with van der Waals surface area (Å²) in [5.74, 6) is 1.70. The Morgan fingerprint density at radius 3 is 1.39 bits per heavy atom. The van der Waals surface area contributed by atoms with Crippen LogP contribution in [0.5, 0.6) is 0 Å². The first kappa shape index (κ1) is 29.4. The fourth-order valence-corrected chi connectivity index (χ4v) is 6.89. The highest BCUT2D eigenvalue weighted by Crippen LogP contribution is 2.34. The molecule has 2 amide bonds. The number of para-hydroxylation sites is 2. The Labute approximate surface area is 230 Å². The predicted molar refractivity (Wildman–Crippen MR) is 149 cm³/mol. The molecule has 0 aliphatic carbocycles. The minimum absolute atomic E-state index is 0.0573. The number of amides is 2. The average Bonchev–Trinajstić information content (AvgIpc) is 3.42. The van der Waals surface area contributed by atoms with Crippen LogP contribution in [0.25, 0.3) is 0 Å². The SMILES string of the molecule is CC(C)[C@@H]1SCC(=O)N1Cc1ccccc1[N+](=O)[O-].CC(C)[C@H]1SCC(=O)N1Cc1ccccc1[N+](=O)[O-]. The molecular weight excluding hydrogens is 528 g/mol. The van der Waals surface area contributed by atoms with Gasteiger partial charge >= 0.3 is 0 Å². The van der Waals surface area contributed by atoms with Gasteiger partial charge in [0.05, 0.1) is 45.2 Å². The second-order valence-electron chi connectivity index (χ2n) is 9.71. The molecule has 2 aromatic carbocycles. The number of nitro benzene ring substituents is 2. The number of thioether (sulfide) groups is 2. The Morgan fingerprint density at radius 2 is 1.08 bits per heavy atom. The van der Waals surface area contributed by atoms with Crippen molar-refractivity contribution in [3.05, 3.63) is 79.9 Å². The maximum absolute atomic E-state index is 11.9. The van der Waals surface area contributed by atoms with Crippen LogP contribution in [0.4, 0.5) is 11.4 Å². The Bertz CT molecular complexity index is 1100. The van der Waals surface area contributed by atoms with Crippen LogP contribution in [-0.4, -0.2) is 53.7 Å². The lowest BCUT2D eigenvalue weighted by atomic mass is 10.1. The Morgan fingerprint density at radius 1 is 0.737 bits per heavy atom. The predicted octanol–water partition coefficient (Wildman–Crippen LogP) is 5.30. The zero-order valence-electron chi connectivity index (χ0n) is 21.8. The first-order chi connectivity index (χ1) is 18.0. The van der Waals surface area contributed by atoms with E-state index in [1.165, 1.54) is 12.1 Å². The Hall–Kier alpha value is -3.12. The Kier molecular flexibility index (Phi) is 10.1. The van der Waals surface area contributed by atoms with Gasteiger partial charge in [-0.15, -0.1) is 23.5 Å². The van der Waals surface area contributed by atoms with Crippen molar-refractivity contribution in [1.29, 1.82) is 0 Å². The van der Waals surface area contributed by atoms with Gasteiger partial charge in [0.1, 0.15) is 0 Å². The minimum Gasteiger partial charge on any atom is -0.325 e. The minimum atomic E-state index is -0.395. The lowest BCUT2D eigenvalue weighted by molar-refractivity contribution is -0.385. The van der Waals surface area contributed by atoms with E-state index >= 15 is 0 Å². The van der Waals surface area contributed by atoms with E-state index < -0.39 is 9.85 Å². The molecule has 0 bridgehead atoms. The fourth-order valence-electron chi connectivity index (χ4n) is 4.42. The first-order valence-electron chi connectivity index (χ1n) is 12.3. The molecule has 0 aromatic heterocycles. The van der Waals surface area contributed by atoms with Crippen molar-refractivity contribution >= 4 is 46.7 Å². The number of nitrogens with zero attached hydrogens (tertiary/aromatic N) is 4. The zero-order chi connectivity index (χ0) is 28.0. The van der Waals surface area contributed by atoms with Gasteiger partial charge in [0.25, 0.3) is 11.4 Å². The lowest BCUT2D eigenvalue weighted by Crippen LogP contribution is -2.35. The second kappa shape index (κ2) is 13.1. The summed E-state index contributed by atoms with van der Waals surface area (Å²) in [5.41, 5.74) is 1.34. The molecule has 0 unspecified atom stereocenters. The maximum Gasteiger partial charge on any atom is 0.274 e. The normalized spacial score (nSPS) is 19.2. The second-order valence-corrected chi connectivity index (χ2v) is 11.9. The van der Waals surface area contributed by atoms with Gasteiger partial charge < -0.3 is 9.80 Å². The lowest BCUT2D eigenvalue weighted by Gasteiger charge is -2.26. The summed E-state index contributed by atoms with van der Waals surface area (Å²) in [6.45, 7) is 8.86. The molecular formula is C26H32N4O6S2. The summed E-state index contributed by atoms with van der Waals surface area (Å²) in [4.78, 5) is 48.5. The largest absolute Gasteiger partial charge is 0.325 e. The number of carbonyl (C=O) groups is 2. The number of hydrogen-bond donors (Lipinski definition) is 0. The number of benzene rings is 2. The molecule has 2 aliphatic heterocycles. The zero-order valence-corrected chi connectivity index (χ0v) is 23.4. The fraction of sp³-hybridized carbons (Fsp3) is 0.462. The third-order valence-electron chi connectivity index (χ3n) is 6.21.